The molecule has 0 aromatic heterocycles. The van der Waals surface area contributed by atoms with Crippen LogP contribution < -0.4 is 0 Å². The molecule has 0 bridgehead atoms. The number of aliphatic hydroxyl groups is 3. The van der Waals surface area contributed by atoms with Gasteiger partial charge in [-0.3, -0.25) is 18.6 Å². The fourth-order valence-electron chi connectivity index (χ4n) is 7.37. The molecule has 64 heavy (non-hydrogen) atoms. The van der Waals surface area contributed by atoms with E-state index in [2.05, 4.69) is 50.3 Å². The Kier molecular flexibility index (Phi) is 35.1. The normalized spacial score (nSPS) is 20.3. The Balaban J connectivity index is 2.45. The molecule has 0 amide bonds. The average molecular weight is 925 g/mol. The molecule has 0 aromatic carbocycles. The van der Waals surface area contributed by atoms with Crippen molar-refractivity contribution in [1.29, 1.82) is 0 Å². The van der Waals surface area contributed by atoms with Crippen molar-refractivity contribution in [2.75, 3.05) is 47.5 Å². The van der Waals surface area contributed by atoms with Gasteiger partial charge in [-0.05, 0) is 76.5 Å². The first-order valence-electron chi connectivity index (χ1n) is 24.8. The van der Waals surface area contributed by atoms with Crippen molar-refractivity contribution in [3.05, 3.63) is 60.8 Å². The van der Waals surface area contributed by atoms with Crippen LogP contribution in [0.3, 0.4) is 0 Å². The Morgan fingerprint density at radius 3 is 1.91 bits per heavy atom. The number of aliphatic hydroxyl groups excluding tert-OH is 3. The molecule has 1 saturated carbocycles. The van der Waals surface area contributed by atoms with Gasteiger partial charge in [0.05, 0.1) is 46.1 Å². The Hall–Kier alpha value is -2.41. The third-order valence-electron chi connectivity index (χ3n) is 11.3. The van der Waals surface area contributed by atoms with Gasteiger partial charge in [-0.25, -0.2) is 4.57 Å². The Morgan fingerprint density at radius 2 is 1.25 bits per heavy atom. The maximum atomic E-state index is 12.8. The number of quaternary nitrogens is 1. The first-order chi connectivity index (χ1) is 30.7. The van der Waals surface area contributed by atoms with Crippen molar-refractivity contribution in [3.63, 3.8) is 0 Å². The fourth-order valence-corrected chi connectivity index (χ4v) is 8.11. The van der Waals surface area contributed by atoms with Crippen LogP contribution >= 0.6 is 7.82 Å². The largest absolute Gasteiger partial charge is 0.472 e. The van der Waals surface area contributed by atoms with Crippen molar-refractivity contribution in [1.82, 2.24) is 0 Å². The minimum atomic E-state index is -4.46. The van der Waals surface area contributed by atoms with Crippen molar-refractivity contribution < 1.29 is 57.4 Å². The standard InChI is InChI=1S/C51H90NO11P/c1-6-8-10-11-12-13-14-15-16-17-18-19-20-21-22-23-24-25-26-31-35-50(56)60-42-45(43-62-64(58,59)61-40-39-52(3,4)5)63-51(57)36-32-28-27-30-34-46-47(49(55)41-48(46)54)38-37-44(53)33-29-9-7-2/h13-14,16-17,19-20,27,30,37-38,44-49,53-55H,6-12,15,18,21-26,28-29,31-36,39-43H2,1-5H3/p+1/b14-13-,17-16-,20-19-,30-27+,38-37+/t44-,45+,46+,47+,48-,49+/m0/s1. The molecule has 0 spiro atoms. The number of allylic oxidation sites excluding steroid dienone is 8. The summed E-state index contributed by atoms with van der Waals surface area (Å²) in [5.74, 6) is -1.43. The molecule has 1 fully saturated rings. The van der Waals surface area contributed by atoms with Gasteiger partial charge in [0.2, 0.25) is 0 Å². The summed E-state index contributed by atoms with van der Waals surface area (Å²) < 4.78 is 34.3. The molecular formula is C51H91NO11P+. The number of unbranched alkanes of at least 4 members (excludes halogenated alkanes) is 13. The second kappa shape index (κ2) is 37.7. The number of rotatable bonds is 40. The zero-order valence-electron chi connectivity index (χ0n) is 40.6. The van der Waals surface area contributed by atoms with E-state index in [0.717, 1.165) is 70.6 Å². The highest BCUT2D eigenvalue weighted by Gasteiger charge is 2.39. The molecule has 0 radical (unpaired) electrons. The molecule has 0 aliphatic heterocycles. The number of hydrogen-bond donors (Lipinski definition) is 4. The predicted molar refractivity (Wildman–Crippen MR) is 258 cm³/mol. The third kappa shape index (κ3) is 34.0. The summed E-state index contributed by atoms with van der Waals surface area (Å²) in [6.07, 6.45) is 39.3. The van der Waals surface area contributed by atoms with Crippen molar-refractivity contribution >= 4 is 19.8 Å². The van der Waals surface area contributed by atoms with E-state index in [1.54, 1.807) is 6.08 Å². The third-order valence-corrected chi connectivity index (χ3v) is 12.3. The summed E-state index contributed by atoms with van der Waals surface area (Å²) in [6, 6.07) is 0. The van der Waals surface area contributed by atoms with Gasteiger partial charge in [-0.15, -0.1) is 0 Å². The minimum absolute atomic E-state index is 0.0171. The number of nitrogens with zero attached hydrogens (tertiary/aromatic N) is 1. The van der Waals surface area contributed by atoms with E-state index < -0.39 is 50.8 Å². The molecule has 0 heterocycles. The fraction of sp³-hybridized carbons (Fsp3) is 0.765. The van der Waals surface area contributed by atoms with Gasteiger partial charge in [0.1, 0.15) is 19.8 Å². The monoisotopic (exact) mass is 925 g/mol. The van der Waals surface area contributed by atoms with E-state index in [1.165, 1.54) is 32.1 Å². The summed E-state index contributed by atoms with van der Waals surface area (Å²) in [7, 11) is 1.31. The number of carbonyl (C=O) groups excluding carboxylic acids is 2. The van der Waals surface area contributed by atoms with E-state index in [0.29, 0.717) is 43.1 Å². The van der Waals surface area contributed by atoms with Gasteiger partial charge in [0.15, 0.2) is 6.10 Å². The zero-order valence-corrected chi connectivity index (χ0v) is 41.5. The van der Waals surface area contributed by atoms with Crippen LogP contribution in [0.1, 0.15) is 168 Å². The SMILES string of the molecule is CCCCCC/C=C\C/C=C\C/C=C\CCCCCCCCC(=O)OC[C@H](COP(=O)(O)OCC[N+](C)(C)C)OC(=O)CCC/C=C/C[C@@H]1[C@@H](/C=C/[C@@H](O)CCCCC)[C@H](O)C[C@@H]1O. The van der Waals surface area contributed by atoms with Gasteiger partial charge < -0.3 is 34.2 Å². The molecule has 1 rings (SSSR count). The predicted octanol–water partition coefficient (Wildman–Crippen LogP) is 10.8. The maximum Gasteiger partial charge on any atom is 0.472 e. The molecule has 7 atom stereocenters. The first kappa shape index (κ1) is 59.6. The highest BCUT2D eigenvalue weighted by Crippen LogP contribution is 2.43. The van der Waals surface area contributed by atoms with Crippen LogP contribution in [0.15, 0.2) is 60.8 Å². The van der Waals surface area contributed by atoms with Crippen molar-refractivity contribution in [2.45, 2.75) is 192 Å². The average Bonchev–Trinajstić information content (AvgIpc) is 3.51. The number of phosphoric acid groups is 1. The highest BCUT2D eigenvalue weighted by molar-refractivity contribution is 7.47. The topological polar surface area (TPSA) is 169 Å². The van der Waals surface area contributed by atoms with Crippen LogP contribution in [0.2, 0.25) is 0 Å². The van der Waals surface area contributed by atoms with E-state index in [9.17, 15) is 34.4 Å². The Morgan fingerprint density at radius 1 is 0.688 bits per heavy atom. The lowest BCUT2D eigenvalue weighted by atomic mass is 9.89. The van der Waals surface area contributed by atoms with Crippen LogP contribution in [0, 0.1) is 11.8 Å². The number of hydrogen-bond acceptors (Lipinski definition) is 10. The van der Waals surface area contributed by atoms with Gasteiger partial charge in [-0.2, -0.15) is 0 Å². The number of likely N-dealkylation sites (N-methyl/N-ethyl adjacent to an activating group) is 1. The summed E-state index contributed by atoms with van der Waals surface area (Å²) in [4.78, 5) is 35.7. The lowest BCUT2D eigenvalue weighted by Gasteiger charge is -2.24. The van der Waals surface area contributed by atoms with Gasteiger partial charge in [0, 0.05) is 25.2 Å². The van der Waals surface area contributed by atoms with E-state index in [4.69, 9.17) is 18.5 Å². The number of esters is 2. The summed E-state index contributed by atoms with van der Waals surface area (Å²) >= 11 is 0. The first-order valence-corrected chi connectivity index (χ1v) is 26.3. The molecule has 0 aromatic rings. The molecule has 1 aliphatic rings. The smallest absolute Gasteiger partial charge is 0.462 e. The second-order valence-electron chi connectivity index (χ2n) is 18.5. The van der Waals surface area contributed by atoms with E-state index in [-0.39, 0.29) is 44.3 Å². The zero-order chi connectivity index (χ0) is 47.3. The number of ether oxygens (including phenoxy) is 2. The van der Waals surface area contributed by atoms with Gasteiger partial charge in [-0.1, -0.05) is 139 Å². The lowest BCUT2D eigenvalue weighted by molar-refractivity contribution is -0.870. The molecule has 1 aliphatic carbocycles. The van der Waals surface area contributed by atoms with Gasteiger partial charge in [0.25, 0.3) is 0 Å². The number of carbonyl (C=O) groups is 2. The summed E-state index contributed by atoms with van der Waals surface area (Å²) in [6.45, 7) is 4.00. The number of phosphoric ester groups is 1. The van der Waals surface area contributed by atoms with Crippen LogP contribution in [0.25, 0.3) is 0 Å². The van der Waals surface area contributed by atoms with Crippen LogP contribution in [0.4, 0.5) is 0 Å². The Labute approximate surface area is 388 Å². The molecule has 370 valence electrons. The summed E-state index contributed by atoms with van der Waals surface area (Å²) in [5, 5.41) is 31.4. The van der Waals surface area contributed by atoms with Crippen molar-refractivity contribution in [2.24, 2.45) is 11.8 Å². The van der Waals surface area contributed by atoms with Crippen LogP contribution in [0.5, 0.6) is 0 Å². The maximum absolute atomic E-state index is 12.8. The quantitative estimate of drug-likeness (QED) is 0.0152. The van der Waals surface area contributed by atoms with Crippen LogP contribution in [-0.2, 0) is 32.7 Å². The van der Waals surface area contributed by atoms with E-state index in [1.807, 2.05) is 39.4 Å². The molecular weight excluding hydrogens is 834 g/mol. The molecule has 12 nitrogen and oxygen atoms in total. The highest BCUT2D eigenvalue weighted by atomic mass is 31.2. The molecule has 4 N–H and O–H groups in total. The van der Waals surface area contributed by atoms with Crippen molar-refractivity contribution in [3.8, 4) is 0 Å². The molecule has 0 saturated heterocycles. The Bertz CT molecular complexity index is 1390. The molecule has 1 unspecified atom stereocenters. The van der Waals surface area contributed by atoms with E-state index >= 15 is 0 Å². The second-order valence-corrected chi connectivity index (χ2v) is 19.9. The lowest BCUT2D eigenvalue weighted by Crippen LogP contribution is -2.37. The van der Waals surface area contributed by atoms with Crippen LogP contribution in [-0.4, -0.2) is 109 Å². The summed E-state index contributed by atoms with van der Waals surface area (Å²) in [5.41, 5.74) is 0. The minimum Gasteiger partial charge on any atom is -0.462 e. The van der Waals surface area contributed by atoms with Gasteiger partial charge >= 0.3 is 19.8 Å². The molecule has 13 heteroatoms.